The van der Waals surface area contributed by atoms with E-state index in [0.29, 0.717) is 18.6 Å². The minimum absolute atomic E-state index is 0.147. The Morgan fingerprint density at radius 2 is 1.69 bits per heavy atom. The van der Waals surface area contributed by atoms with Gasteiger partial charge in [-0.15, -0.1) is 0 Å². The Bertz CT molecular complexity index is 1280. The van der Waals surface area contributed by atoms with Gasteiger partial charge in [0.2, 0.25) is 0 Å². The van der Waals surface area contributed by atoms with Crippen molar-refractivity contribution in [3.05, 3.63) is 80.5 Å². The summed E-state index contributed by atoms with van der Waals surface area (Å²) in [5, 5.41) is 11.0. The van der Waals surface area contributed by atoms with Gasteiger partial charge in [0, 0.05) is 38.5 Å². The van der Waals surface area contributed by atoms with Gasteiger partial charge in [0.25, 0.3) is 11.5 Å². The largest absolute Gasteiger partial charge is 0.390 e. The number of fused-ring (bicyclic) bond motifs is 2. The monoisotopic (exact) mass is 441 g/mol. The molecule has 2 unspecified atom stereocenters. The Hall–Kier alpha value is -2.84. The van der Waals surface area contributed by atoms with Crippen LogP contribution in [0, 0.1) is 5.92 Å². The van der Waals surface area contributed by atoms with E-state index in [2.05, 4.69) is 17.0 Å². The van der Waals surface area contributed by atoms with Crippen molar-refractivity contribution in [3.8, 4) is 0 Å². The van der Waals surface area contributed by atoms with Crippen molar-refractivity contribution in [2.75, 3.05) is 13.1 Å². The molecule has 2 heterocycles. The predicted molar refractivity (Wildman–Crippen MR) is 117 cm³/mol. The maximum atomic E-state index is 13.5. The van der Waals surface area contributed by atoms with Gasteiger partial charge in [-0.25, -0.2) is 13.6 Å². The molecule has 0 saturated heterocycles. The van der Waals surface area contributed by atoms with E-state index >= 15 is 0 Å². The van der Waals surface area contributed by atoms with Crippen LogP contribution in [0.2, 0.25) is 0 Å². The van der Waals surface area contributed by atoms with Gasteiger partial charge >= 0.3 is 5.69 Å². The molecule has 0 bridgehead atoms. The van der Waals surface area contributed by atoms with Crippen LogP contribution in [0.5, 0.6) is 0 Å². The molecular formula is C24H25F2N3O3. The first-order valence-corrected chi connectivity index (χ1v) is 10.9. The van der Waals surface area contributed by atoms with Gasteiger partial charge in [0.15, 0.2) is 0 Å². The average Bonchev–Trinajstić information content (AvgIpc) is 3.39. The number of benzene rings is 2. The number of aliphatic hydroxyl groups is 1. The fraction of sp³-hybridized carbons (Fsp3) is 0.417. The Labute approximate surface area is 183 Å². The summed E-state index contributed by atoms with van der Waals surface area (Å²) in [6, 6.07) is 14.7. The lowest BCUT2D eigenvalue weighted by atomic mass is 10.00. The van der Waals surface area contributed by atoms with Crippen molar-refractivity contribution in [1.82, 2.24) is 14.0 Å². The van der Waals surface area contributed by atoms with Crippen LogP contribution in [0.25, 0.3) is 10.9 Å². The molecule has 1 N–H and O–H groups in total. The second-order valence-electron chi connectivity index (χ2n) is 8.90. The van der Waals surface area contributed by atoms with Crippen LogP contribution in [0.4, 0.5) is 8.78 Å². The van der Waals surface area contributed by atoms with Crippen LogP contribution in [0.1, 0.15) is 17.5 Å². The Morgan fingerprint density at radius 3 is 2.44 bits per heavy atom. The maximum Gasteiger partial charge on any atom is 0.331 e. The summed E-state index contributed by atoms with van der Waals surface area (Å²) in [7, 11) is 0. The van der Waals surface area contributed by atoms with Crippen molar-refractivity contribution in [1.29, 1.82) is 0 Å². The third kappa shape index (κ3) is 3.89. The van der Waals surface area contributed by atoms with Crippen molar-refractivity contribution >= 4 is 10.9 Å². The normalized spacial score (nSPS) is 20.8. The van der Waals surface area contributed by atoms with E-state index in [1.807, 2.05) is 12.1 Å². The molecular weight excluding hydrogens is 416 g/mol. The molecule has 1 fully saturated rings. The number of hydrogen-bond acceptors (Lipinski definition) is 4. The first-order valence-electron chi connectivity index (χ1n) is 10.9. The van der Waals surface area contributed by atoms with E-state index in [-0.39, 0.29) is 24.9 Å². The molecule has 0 spiro atoms. The molecule has 32 heavy (non-hydrogen) atoms. The van der Waals surface area contributed by atoms with E-state index in [1.165, 1.54) is 15.7 Å². The van der Waals surface area contributed by atoms with Gasteiger partial charge in [-0.1, -0.05) is 36.4 Å². The van der Waals surface area contributed by atoms with E-state index in [4.69, 9.17) is 0 Å². The highest BCUT2D eigenvalue weighted by atomic mass is 19.3. The Morgan fingerprint density at radius 1 is 1.00 bits per heavy atom. The van der Waals surface area contributed by atoms with Gasteiger partial charge in [0.05, 0.1) is 23.6 Å². The zero-order valence-corrected chi connectivity index (χ0v) is 17.6. The highest BCUT2D eigenvalue weighted by molar-refractivity contribution is 5.77. The number of aromatic nitrogens is 2. The third-order valence-corrected chi connectivity index (χ3v) is 6.56. The molecule has 6 nitrogen and oxygen atoms in total. The molecule has 5 rings (SSSR count). The first-order chi connectivity index (χ1) is 15.3. The maximum absolute atomic E-state index is 13.5. The summed E-state index contributed by atoms with van der Waals surface area (Å²) in [6.07, 6.45) is -0.324. The zero-order chi connectivity index (χ0) is 22.5. The van der Waals surface area contributed by atoms with E-state index in [0.717, 1.165) is 17.5 Å². The quantitative estimate of drug-likeness (QED) is 0.637. The van der Waals surface area contributed by atoms with Gasteiger partial charge < -0.3 is 5.11 Å². The lowest BCUT2D eigenvalue weighted by Crippen LogP contribution is -2.45. The van der Waals surface area contributed by atoms with Gasteiger partial charge in [-0.05, 0) is 29.7 Å². The Kier molecular flexibility index (Phi) is 5.22. The first kappa shape index (κ1) is 21.0. The molecule has 0 amide bonds. The summed E-state index contributed by atoms with van der Waals surface area (Å²) >= 11 is 0. The minimum atomic E-state index is -2.77. The molecule has 8 heteroatoms. The number of nitrogens with zero attached hydrogens (tertiary/aromatic N) is 3. The van der Waals surface area contributed by atoms with Crippen molar-refractivity contribution < 1.29 is 13.9 Å². The molecule has 2 aromatic carbocycles. The van der Waals surface area contributed by atoms with Crippen LogP contribution in [-0.4, -0.2) is 44.3 Å². The van der Waals surface area contributed by atoms with Crippen LogP contribution < -0.4 is 11.2 Å². The second-order valence-corrected chi connectivity index (χ2v) is 8.90. The zero-order valence-electron chi connectivity index (χ0n) is 17.6. The fourth-order valence-corrected chi connectivity index (χ4v) is 4.67. The summed E-state index contributed by atoms with van der Waals surface area (Å²) < 4.78 is 29.3. The average molecular weight is 441 g/mol. The number of β-amino-alcohol motifs (C(OH)–C–C–N with tert-alkyl or cyclic N) is 1. The molecule has 1 aromatic heterocycles. The molecule has 2 atom stereocenters. The number of rotatable bonds is 6. The number of alkyl halides is 2. The third-order valence-electron chi connectivity index (χ3n) is 6.56. The van der Waals surface area contributed by atoms with Crippen LogP contribution in [0.3, 0.4) is 0 Å². The predicted octanol–water partition coefficient (Wildman–Crippen LogP) is 2.24. The van der Waals surface area contributed by atoms with E-state index < -0.39 is 29.2 Å². The molecule has 168 valence electrons. The number of para-hydroxylation sites is 1. The molecule has 3 aromatic rings. The lowest BCUT2D eigenvalue weighted by Gasteiger charge is -2.30. The SMILES string of the molecule is O=c1c2ccccc2n(CC2CC2(F)F)c(=O)n1CC(O)CN1CCc2ccccc2C1. The van der Waals surface area contributed by atoms with Gasteiger partial charge in [-0.2, -0.15) is 0 Å². The molecule has 1 aliphatic carbocycles. The minimum Gasteiger partial charge on any atom is -0.390 e. The van der Waals surface area contributed by atoms with Crippen molar-refractivity contribution in [2.24, 2.45) is 5.92 Å². The van der Waals surface area contributed by atoms with Gasteiger partial charge in [-0.3, -0.25) is 18.8 Å². The van der Waals surface area contributed by atoms with Crippen LogP contribution in [0.15, 0.2) is 58.1 Å². The van der Waals surface area contributed by atoms with Crippen molar-refractivity contribution in [3.63, 3.8) is 0 Å². The number of aliphatic hydroxyl groups excluding tert-OH is 1. The molecule has 0 radical (unpaired) electrons. The van der Waals surface area contributed by atoms with Crippen molar-refractivity contribution in [2.45, 2.75) is 44.5 Å². The highest BCUT2D eigenvalue weighted by Crippen LogP contribution is 2.49. The lowest BCUT2D eigenvalue weighted by molar-refractivity contribution is 0.0881. The van der Waals surface area contributed by atoms with E-state index in [1.54, 1.807) is 24.3 Å². The Balaban J connectivity index is 1.40. The molecule has 1 aliphatic heterocycles. The smallest absolute Gasteiger partial charge is 0.331 e. The summed E-state index contributed by atoms with van der Waals surface area (Å²) in [5.41, 5.74) is 1.70. The second kappa shape index (κ2) is 7.94. The standard InChI is InChI=1S/C24H25F2N3O3/c25-24(26)11-18(24)13-28-21-8-4-3-7-20(21)22(31)29(23(28)32)15-19(30)14-27-10-9-16-5-1-2-6-17(16)12-27/h1-8,18-19,30H,9-15H2. The van der Waals surface area contributed by atoms with Gasteiger partial charge in [0.1, 0.15) is 0 Å². The molecule has 1 saturated carbocycles. The van der Waals surface area contributed by atoms with E-state index in [9.17, 15) is 23.5 Å². The topological polar surface area (TPSA) is 67.5 Å². The fourth-order valence-electron chi connectivity index (χ4n) is 4.67. The van der Waals surface area contributed by atoms with Crippen LogP contribution >= 0.6 is 0 Å². The number of halogens is 2. The summed E-state index contributed by atoms with van der Waals surface area (Å²) in [6.45, 7) is 1.46. The van der Waals surface area contributed by atoms with Crippen LogP contribution in [-0.2, 0) is 26.1 Å². The summed E-state index contributed by atoms with van der Waals surface area (Å²) in [4.78, 5) is 28.2. The summed E-state index contributed by atoms with van der Waals surface area (Å²) in [5.74, 6) is -3.68. The molecule has 2 aliphatic rings. The number of hydrogen-bond donors (Lipinski definition) is 1. The highest BCUT2D eigenvalue weighted by Gasteiger charge is 2.56.